The zero-order chi connectivity index (χ0) is 19.2. The largest absolute Gasteiger partial charge is 0.481 e. The number of benzene rings is 2. The summed E-state index contributed by atoms with van der Waals surface area (Å²) in [5, 5.41) is 2.85. The van der Waals surface area contributed by atoms with Crippen LogP contribution in [-0.2, 0) is 21.2 Å². The standard InChI is InChI=1S/C19H24N2O4S/c1-15(19(22)20-14-13-16-7-5-4-6-8-16)25-18-11-9-17(10-12-18)21(2)26(3,23)24/h4-12,15H,13-14H2,1-3H3,(H,20,22)/t15-/m0/s1. The van der Waals surface area contributed by atoms with Gasteiger partial charge in [0, 0.05) is 13.6 Å². The van der Waals surface area contributed by atoms with E-state index in [2.05, 4.69) is 5.32 Å². The molecule has 2 aromatic rings. The number of hydrogen-bond donors (Lipinski definition) is 1. The Labute approximate surface area is 154 Å². The van der Waals surface area contributed by atoms with Gasteiger partial charge in [0.05, 0.1) is 11.9 Å². The van der Waals surface area contributed by atoms with Crippen LogP contribution in [0, 0.1) is 0 Å². The minimum absolute atomic E-state index is 0.196. The lowest BCUT2D eigenvalue weighted by atomic mass is 10.1. The highest BCUT2D eigenvalue weighted by atomic mass is 32.2. The molecule has 0 aromatic heterocycles. The van der Waals surface area contributed by atoms with Gasteiger partial charge in [-0.25, -0.2) is 8.42 Å². The summed E-state index contributed by atoms with van der Waals surface area (Å²) in [5.41, 5.74) is 1.69. The SMILES string of the molecule is C[C@H](Oc1ccc(N(C)S(C)(=O)=O)cc1)C(=O)NCCc1ccccc1. The smallest absolute Gasteiger partial charge is 0.260 e. The summed E-state index contributed by atoms with van der Waals surface area (Å²) in [7, 11) is -1.83. The molecule has 0 aliphatic rings. The van der Waals surface area contributed by atoms with Gasteiger partial charge >= 0.3 is 0 Å². The minimum Gasteiger partial charge on any atom is -0.481 e. The first-order valence-corrected chi connectivity index (χ1v) is 10.1. The van der Waals surface area contributed by atoms with Gasteiger partial charge in [-0.15, -0.1) is 0 Å². The quantitative estimate of drug-likeness (QED) is 0.766. The minimum atomic E-state index is -3.31. The number of nitrogens with zero attached hydrogens (tertiary/aromatic N) is 1. The van der Waals surface area contributed by atoms with Gasteiger partial charge in [0.1, 0.15) is 5.75 Å². The van der Waals surface area contributed by atoms with Crippen LogP contribution in [0.25, 0.3) is 0 Å². The monoisotopic (exact) mass is 376 g/mol. The van der Waals surface area contributed by atoms with E-state index in [0.29, 0.717) is 18.0 Å². The Balaban J connectivity index is 1.84. The van der Waals surface area contributed by atoms with Crippen LogP contribution in [0.4, 0.5) is 5.69 Å². The average molecular weight is 376 g/mol. The van der Waals surface area contributed by atoms with Crippen molar-refractivity contribution < 1.29 is 17.9 Å². The van der Waals surface area contributed by atoms with Crippen molar-refractivity contribution in [2.24, 2.45) is 0 Å². The number of anilines is 1. The van der Waals surface area contributed by atoms with Crippen molar-refractivity contribution in [3.8, 4) is 5.75 Å². The van der Waals surface area contributed by atoms with Crippen molar-refractivity contribution in [2.75, 3.05) is 24.2 Å². The molecule has 0 aliphatic carbocycles. The molecular weight excluding hydrogens is 352 g/mol. The lowest BCUT2D eigenvalue weighted by Crippen LogP contribution is -2.37. The van der Waals surface area contributed by atoms with E-state index in [-0.39, 0.29) is 5.91 Å². The normalized spacial score (nSPS) is 12.3. The number of carbonyl (C=O) groups excluding carboxylic acids is 1. The number of ether oxygens (including phenoxy) is 1. The molecule has 0 fully saturated rings. The number of sulfonamides is 1. The molecule has 1 amide bonds. The summed E-state index contributed by atoms with van der Waals surface area (Å²) in [6.45, 7) is 2.21. The molecule has 26 heavy (non-hydrogen) atoms. The summed E-state index contributed by atoms with van der Waals surface area (Å²) in [6, 6.07) is 16.5. The van der Waals surface area contributed by atoms with Crippen molar-refractivity contribution in [1.29, 1.82) is 0 Å². The van der Waals surface area contributed by atoms with Crippen LogP contribution in [0.15, 0.2) is 54.6 Å². The second kappa shape index (κ2) is 8.71. The fourth-order valence-electron chi connectivity index (χ4n) is 2.30. The number of hydrogen-bond acceptors (Lipinski definition) is 4. The molecular formula is C19H24N2O4S. The van der Waals surface area contributed by atoms with E-state index in [1.165, 1.54) is 11.4 Å². The molecule has 0 saturated heterocycles. The molecule has 0 saturated carbocycles. The predicted octanol–water partition coefficient (Wildman–Crippen LogP) is 2.21. The molecule has 6 nitrogen and oxygen atoms in total. The zero-order valence-electron chi connectivity index (χ0n) is 15.2. The Morgan fingerprint density at radius 1 is 1.12 bits per heavy atom. The molecule has 0 radical (unpaired) electrons. The highest BCUT2D eigenvalue weighted by molar-refractivity contribution is 7.92. The van der Waals surface area contributed by atoms with Crippen molar-refractivity contribution in [2.45, 2.75) is 19.4 Å². The topological polar surface area (TPSA) is 75.7 Å². The maximum absolute atomic E-state index is 12.1. The van der Waals surface area contributed by atoms with Gasteiger partial charge in [-0.3, -0.25) is 9.10 Å². The highest BCUT2D eigenvalue weighted by Crippen LogP contribution is 2.21. The average Bonchev–Trinajstić information content (AvgIpc) is 2.61. The Hall–Kier alpha value is -2.54. The third-order valence-electron chi connectivity index (χ3n) is 3.94. The number of amides is 1. The van der Waals surface area contributed by atoms with Crippen LogP contribution in [0.5, 0.6) is 5.75 Å². The summed E-state index contributed by atoms with van der Waals surface area (Å²) in [5.74, 6) is 0.305. The Kier molecular flexibility index (Phi) is 6.63. The van der Waals surface area contributed by atoms with E-state index in [0.717, 1.165) is 18.2 Å². The Morgan fingerprint density at radius 3 is 2.31 bits per heavy atom. The van der Waals surface area contributed by atoms with Crippen LogP contribution >= 0.6 is 0 Å². The van der Waals surface area contributed by atoms with E-state index in [1.807, 2.05) is 30.3 Å². The van der Waals surface area contributed by atoms with Gasteiger partial charge in [-0.05, 0) is 43.2 Å². The zero-order valence-corrected chi connectivity index (χ0v) is 16.0. The second-order valence-electron chi connectivity index (χ2n) is 6.01. The fraction of sp³-hybridized carbons (Fsp3) is 0.316. The van der Waals surface area contributed by atoms with Crippen LogP contribution < -0.4 is 14.4 Å². The van der Waals surface area contributed by atoms with Crippen LogP contribution in [0.1, 0.15) is 12.5 Å². The molecule has 0 heterocycles. The van der Waals surface area contributed by atoms with Crippen LogP contribution in [-0.4, -0.2) is 40.3 Å². The molecule has 2 rings (SSSR count). The molecule has 140 valence electrons. The summed E-state index contributed by atoms with van der Waals surface area (Å²) in [6.07, 6.45) is 1.25. The van der Waals surface area contributed by atoms with E-state index in [4.69, 9.17) is 4.74 Å². The molecule has 0 aliphatic heterocycles. The van der Waals surface area contributed by atoms with E-state index in [9.17, 15) is 13.2 Å². The van der Waals surface area contributed by atoms with E-state index < -0.39 is 16.1 Å². The molecule has 1 atom stereocenters. The number of rotatable bonds is 8. The van der Waals surface area contributed by atoms with Crippen LogP contribution in [0.2, 0.25) is 0 Å². The molecule has 0 bridgehead atoms. The lowest BCUT2D eigenvalue weighted by Gasteiger charge is -2.18. The third-order valence-corrected chi connectivity index (χ3v) is 5.14. The van der Waals surface area contributed by atoms with E-state index >= 15 is 0 Å². The third kappa shape index (κ3) is 5.77. The first kappa shape index (κ1) is 19.8. The van der Waals surface area contributed by atoms with Crippen molar-refractivity contribution in [3.63, 3.8) is 0 Å². The van der Waals surface area contributed by atoms with Crippen molar-refractivity contribution in [3.05, 3.63) is 60.2 Å². The van der Waals surface area contributed by atoms with Gasteiger partial charge in [0.25, 0.3) is 5.91 Å². The maximum atomic E-state index is 12.1. The van der Waals surface area contributed by atoms with Crippen LogP contribution in [0.3, 0.4) is 0 Å². The Morgan fingerprint density at radius 2 is 1.73 bits per heavy atom. The molecule has 0 spiro atoms. The molecule has 2 aromatic carbocycles. The first-order chi connectivity index (χ1) is 12.3. The van der Waals surface area contributed by atoms with Gasteiger partial charge in [-0.2, -0.15) is 0 Å². The Bertz CT molecular complexity index is 820. The van der Waals surface area contributed by atoms with Gasteiger partial charge < -0.3 is 10.1 Å². The second-order valence-corrected chi connectivity index (χ2v) is 8.02. The number of carbonyl (C=O) groups is 1. The maximum Gasteiger partial charge on any atom is 0.260 e. The first-order valence-electron chi connectivity index (χ1n) is 8.29. The van der Waals surface area contributed by atoms with Gasteiger partial charge in [-0.1, -0.05) is 30.3 Å². The number of nitrogens with one attached hydrogen (secondary N) is 1. The molecule has 0 unspecified atom stereocenters. The van der Waals surface area contributed by atoms with Crippen molar-refractivity contribution in [1.82, 2.24) is 5.32 Å². The van der Waals surface area contributed by atoms with Gasteiger partial charge in [0.15, 0.2) is 6.10 Å². The summed E-state index contributed by atoms with van der Waals surface area (Å²) in [4.78, 5) is 12.1. The van der Waals surface area contributed by atoms with Crippen molar-refractivity contribution >= 4 is 21.6 Å². The van der Waals surface area contributed by atoms with Gasteiger partial charge in [0.2, 0.25) is 10.0 Å². The highest BCUT2D eigenvalue weighted by Gasteiger charge is 2.15. The summed E-state index contributed by atoms with van der Waals surface area (Å²) >= 11 is 0. The predicted molar refractivity (Wildman–Crippen MR) is 103 cm³/mol. The molecule has 7 heteroatoms. The molecule has 1 N–H and O–H groups in total. The lowest BCUT2D eigenvalue weighted by molar-refractivity contribution is -0.127. The van der Waals surface area contributed by atoms with E-state index in [1.54, 1.807) is 31.2 Å². The fourth-order valence-corrected chi connectivity index (χ4v) is 2.81. The summed E-state index contributed by atoms with van der Waals surface area (Å²) < 4.78 is 29.9.